The van der Waals surface area contributed by atoms with E-state index in [0.29, 0.717) is 16.9 Å². The van der Waals surface area contributed by atoms with Crippen molar-refractivity contribution in [2.45, 2.75) is 4.90 Å². The van der Waals surface area contributed by atoms with Gasteiger partial charge in [-0.05, 0) is 42.5 Å². The highest BCUT2D eigenvalue weighted by molar-refractivity contribution is 7.92. The minimum atomic E-state index is -3.65. The molecule has 0 aliphatic heterocycles. The molecule has 3 rings (SSSR count). The molecule has 3 aromatic carbocycles. The van der Waals surface area contributed by atoms with E-state index in [9.17, 15) is 13.2 Å². The Balaban J connectivity index is 1.66. The van der Waals surface area contributed by atoms with Crippen LogP contribution in [0, 0.1) is 0 Å². The molecule has 0 amide bonds. The van der Waals surface area contributed by atoms with Crippen LogP contribution < -0.4 is 10.1 Å². The van der Waals surface area contributed by atoms with Crippen molar-refractivity contribution in [1.29, 1.82) is 0 Å². The molecular formula is C20H17N3O4S. The molecule has 7 nitrogen and oxygen atoms in total. The topological polar surface area (TPSA) is 108 Å². The molecule has 0 saturated heterocycles. The predicted molar refractivity (Wildman–Crippen MR) is 108 cm³/mol. The number of carboxylic acids is 1. The molecule has 0 aromatic heterocycles. The summed E-state index contributed by atoms with van der Waals surface area (Å²) in [5.41, 5.74) is 4.43. The molecule has 0 fully saturated rings. The number of aromatic carboxylic acids is 1. The van der Waals surface area contributed by atoms with Gasteiger partial charge in [0.2, 0.25) is 0 Å². The Kier molecular flexibility index (Phi) is 5.71. The van der Waals surface area contributed by atoms with Gasteiger partial charge in [-0.1, -0.05) is 36.4 Å². The van der Waals surface area contributed by atoms with Gasteiger partial charge in [-0.15, -0.1) is 0 Å². The van der Waals surface area contributed by atoms with Crippen molar-refractivity contribution >= 4 is 33.6 Å². The molecule has 0 heterocycles. The highest BCUT2D eigenvalue weighted by atomic mass is 32.2. The fourth-order valence-electron chi connectivity index (χ4n) is 2.41. The molecule has 0 aliphatic carbocycles. The highest BCUT2D eigenvalue weighted by Crippen LogP contribution is 2.18. The Morgan fingerprint density at radius 3 is 2.14 bits per heavy atom. The summed E-state index contributed by atoms with van der Waals surface area (Å²) in [5, 5.41) is 13.2. The van der Waals surface area contributed by atoms with Crippen molar-refractivity contribution in [2.75, 3.05) is 10.1 Å². The second-order valence-electron chi connectivity index (χ2n) is 5.76. The second-order valence-corrected chi connectivity index (χ2v) is 7.44. The molecule has 0 aliphatic rings. The second kappa shape index (κ2) is 8.36. The number of hydrogen-bond donors (Lipinski definition) is 3. The van der Waals surface area contributed by atoms with Crippen molar-refractivity contribution in [2.24, 2.45) is 5.10 Å². The fourth-order valence-corrected chi connectivity index (χ4v) is 3.49. The minimum absolute atomic E-state index is 0.152. The van der Waals surface area contributed by atoms with Crippen LogP contribution in [0.15, 0.2) is 88.9 Å². The van der Waals surface area contributed by atoms with Gasteiger partial charge in [0, 0.05) is 11.3 Å². The lowest BCUT2D eigenvalue weighted by molar-refractivity contribution is 0.0696. The third-order valence-electron chi connectivity index (χ3n) is 3.78. The number of rotatable bonds is 7. The summed E-state index contributed by atoms with van der Waals surface area (Å²) in [7, 11) is -3.65. The van der Waals surface area contributed by atoms with Gasteiger partial charge in [0.1, 0.15) is 0 Å². The summed E-state index contributed by atoms with van der Waals surface area (Å²) in [5.74, 6) is -1.03. The Morgan fingerprint density at radius 1 is 0.857 bits per heavy atom. The Morgan fingerprint density at radius 2 is 1.46 bits per heavy atom. The first-order valence-corrected chi connectivity index (χ1v) is 9.73. The lowest BCUT2D eigenvalue weighted by atomic mass is 10.1. The first-order valence-electron chi connectivity index (χ1n) is 8.25. The van der Waals surface area contributed by atoms with E-state index in [0.717, 1.165) is 0 Å². The molecule has 0 radical (unpaired) electrons. The van der Waals surface area contributed by atoms with Gasteiger partial charge in [-0.2, -0.15) is 5.10 Å². The average molecular weight is 395 g/mol. The maximum atomic E-state index is 12.3. The number of nitrogens with one attached hydrogen (secondary N) is 2. The zero-order valence-corrected chi connectivity index (χ0v) is 15.4. The van der Waals surface area contributed by atoms with E-state index in [4.69, 9.17) is 5.11 Å². The Hall–Kier alpha value is -3.65. The van der Waals surface area contributed by atoms with E-state index in [-0.39, 0.29) is 10.5 Å². The monoisotopic (exact) mass is 395 g/mol. The van der Waals surface area contributed by atoms with Crippen molar-refractivity contribution in [3.05, 3.63) is 90.0 Å². The third-order valence-corrected chi connectivity index (χ3v) is 5.18. The van der Waals surface area contributed by atoms with E-state index in [1.165, 1.54) is 24.4 Å². The van der Waals surface area contributed by atoms with Crippen molar-refractivity contribution in [3.8, 4) is 0 Å². The van der Waals surface area contributed by atoms with Crippen LogP contribution in [0.1, 0.15) is 15.9 Å². The van der Waals surface area contributed by atoms with Gasteiger partial charge in [0.05, 0.1) is 22.4 Å². The number of hydrogen-bond acceptors (Lipinski definition) is 5. The van der Waals surface area contributed by atoms with Gasteiger partial charge in [0.25, 0.3) is 10.0 Å². The summed E-state index contributed by atoms with van der Waals surface area (Å²) in [6.45, 7) is 0. The molecule has 28 heavy (non-hydrogen) atoms. The molecule has 142 valence electrons. The van der Waals surface area contributed by atoms with Crippen molar-refractivity contribution in [3.63, 3.8) is 0 Å². The molecule has 3 aromatic rings. The van der Waals surface area contributed by atoms with E-state index < -0.39 is 16.0 Å². The lowest BCUT2D eigenvalue weighted by Crippen LogP contribution is -2.12. The molecule has 0 spiro atoms. The van der Waals surface area contributed by atoms with Crippen molar-refractivity contribution < 1.29 is 18.3 Å². The first kappa shape index (κ1) is 19.1. The maximum absolute atomic E-state index is 12.3. The zero-order valence-electron chi connectivity index (χ0n) is 14.6. The number of benzene rings is 3. The molecular weight excluding hydrogens is 378 g/mol. The predicted octanol–water partition coefficient (Wildman–Crippen LogP) is 3.63. The normalized spacial score (nSPS) is 11.3. The molecule has 0 bridgehead atoms. The first-order chi connectivity index (χ1) is 13.5. The van der Waals surface area contributed by atoms with Gasteiger partial charge >= 0.3 is 5.97 Å². The maximum Gasteiger partial charge on any atom is 0.336 e. The number of sulfonamides is 1. The van der Waals surface area contributed by atoms with Gasteiger partial charge in [0.15, 0.2) is 0 Å². The summed E-state index contributed by atoms with van der Waals surface area (Å²) in [4.78, 5) is 11.4. The Labute approximate surface area is 162 Å². The van der Waals surface area contributed by atoms with Crippen LogP contribution >= 0.6 is 0 Å². The summed E-state index contributed by atoms with van der Waals surface area (Å²) < 4.78 is 27.1. The van der Waals surface area contributed by atoms with E-state index in [1.807, 2.05) is 0 Å². The smallest absolute Gasteiger partial charge is 0.336 e. The summed E-state index contributed by atoms with van der Waals surface area (Å²) >= 11 is 0. The van der Waals surface area contributed by atoms with Crippen LogP contribution in [0.4, 0.5) is 11.4 Å². The summed E-state index contributed by atoms with van der Waals surface area (Å²) in [6, 6.07) is 21.1. The lowest BCUT2D eigenvalue weighted by Gasteiger charge is -2.08. The van der Waals surface area contributed by atoms with Crippen LogP contribution in [-0.4, -0.2) is 25.7 Å². The van der Waals surface area contributed by atoms with Crippen LogP contribution in [0.25, 0.3) is 0 Å². The zero-order chi connectivity index (χ0) is 20.0. The SMILES string of the molecule is O=C(O)c1ccccc1/C=N/Nc1ccc(NS(=O)(=O)c2ccccc2)cc1. The molecule has 0 atom stereocenters. The number of carboxylic acid groups (broad SMARTS) is 1. The van der Waals surface area contributed by atoms with Crippen LogP contribution in [-0.2, 0) is 10.0 Å². The third kappa shape index (κ3) is 4.74. The quantitative estimate of drug-likeness (QED) is 0.418. The van der Waals surface area contributed by atoms with Crippen LogP contribution in [0.5, 0.6) is 0 Å². The van der Waals surface area contributed by atoms with Crippen LogP contribution in [0.2, 0.25) is 0 Å². The van der Waals surface area contributed by atoms with Gasteiger partial charge in [-0.25, -0.2) is 13.2 Å². The van der Waals surface area contributed by atoms with E-state index >= 15 is 0 Å². The standard InChI is InChI=1S/C20H17N3O4S/c24-20(25)19-9-5-4-6-15(19)14-21-22-16-10-12-17(13-11-16)23-28(26,27)18-7-2-1-3-8-18/h1-14,22-23H,(H,24,25)/b21-14+. The highest BCUT2D eigenvalue weighted by Gasteiger charge is 2.13. The molecule has 0 unspecified atom stereocenters. The number of carbonyl (C=O) groups is 1. The fraction of sp³-hybridized carbons (Fsp3) is 0. The van der Waals surface area contributed by atoms with E-state index in [1.54, 1.807) is 60.7 Å². The molecule has 0 saturated carbocycles. The van der Waals surface area contributed by atoms with Gasteiger partial charge < -0.3 is 5.11 Å². The number of nitrogens with zero attached hydrogens (tertiary/aromatic N) is 1. The average Bonchev–Trinajstić information content (AvgIpc) is 2.70. The van der Waals surface area contributed by atoms with Gasteiger partial charge in [-0.3, -0.25) is 10.1 Å². The number of hydrazone groups is 1. The number of anilines is 2. The minimum Gasteiger partial charge on any atom is -0.478 e. The molecule has 8 heteroatoms. The van der Waals surface area contributed by atoms with E-state index in [2.05, 4.69) is 15.2 Å². The van der Waals surface area contributed by atoms with Crippen LogP contribution in [0.3, 0.4) is 0 Å². The Bertz CT molecular complexity index is 1100. The largest absolute Gasteiger partial charge is 0.478 e. The molecule has 3 N–H and O–H groups in total. The van der Waals surface area contributed by atoms with Crippen molar-refractivity contribution in [1.82, 2.24) is 0 Å². The summed E-state index contributed by atoms with van der Waals surface area (Å²) in [6.07, 6.45) is 1.41.